The molecule has 2 N–H and O–H groups in total. The number of aliphatic hydroxyl groups excluding tert-OH is 1. The number of nitriles is 1. The van der Waals surface area contributed by atoms with Crippen molar-refractivity contribution in [3.8, 4) is 11.8 Å². The third-order valence-corrected chi connectivity index (χ3v) is 2.26. The fourth-order valence-electron chi connectivity index (χ4n) is 1.26. The number of nitrogens with zero attached hydrogens (tertiary/aromatic N) is 1. The molecule has 1 unspecified atom stereocenters. The molecular weight excluding hydrogens is 222 g/mol. The van der Waals surface area contributed by atoms with Crippen molar-refractivity contribution in [2.24, 2.45) is 0 Å². The molecule has 0 amide bonds. The molecule has 0 aromatic heterocycles. The minimum Gasteiger partial charge on any atom is -0.478 e. The van der Waals surface area contributed by atoms with Crippen LogP contribution in [0.3, 0.4) is 0 Å². The Morgan fingerprint density at radius 3 is 2.47 bits per heavy atom. The Bertz CT molecular complexity index is 421. The predicted octanol–water partition coefficient (Wildman–Crippen LogP) is 1.16. The molecule has 0 saturated carbocycles. The van der Waals surface area contributed by atoms with Crippen molar-refractivity contribution in [1.82, 2.24) is 0 Å². The van der Waals surface area contributed by atoms with Gasteiger partial charge in [0, 0.05) is 0 Å². The maximum Gasteiger partial charge on any atom is 0.347 e. The van der Waals surface area contributed by atoms with Crippen LogP contribution in [0.2, 0.25) is 0 Å². The van der Waals surface area contributed by atoms with Gasteiger partial charge in [0.2, 0.25) is 6.10 Å². The molecule has 90 valence electrons. The van der Waals surface area contributed by atoms with E-state index >= 15 is 0 Å². The average Bonchev–Trinajstić information content (AvgIpc) is 2.35. The second kappa shape index (κ2) is 5.87. The molecule has 5 heteroatoms. The molecule has 0 heterocycles. The largest absolute Gasteiger partial charge is 0.478 e. The molecular formula is C12H13NO4. The Hall–Kier alpha value is -2.06. The van der Waals surface area contributed by atoms with E-state index in [1.807, 2.05) is 6.07 Å². The van der Waals surface area contributed by atoms with Crippen molar-refractivity contribution in [2.45, 2.75) is 25.6 Å². The predicted molar refractivity (Wildman–Crippen MR) is 59.5 cm³/mol. The number of carboxylic acid groups (broad SMARTS) is 1. The lowest BCUT2D eigenvalue weighted by Gasteiger charge is -2.19. The van der Waals surface area contributed by atoms with Gasteiger partial charge in [0.05, 0.1) is 11.6 Å². The molecule has 0 aliphatic heterocycles. The molecule has 0 spiro atoms. The van der Waals surface area contributed by atoms with Crippen LogP contribution in [-0.4, -0.2) is 28.4 Å². The molecule has 1 aromatic carbocycles. The molecule has 0 fully saturated rings. The summed E-state index contributed by atoms with van der Waals surface area (Å²) in [4.78, 5) is 10.9. The molecule has 0 radical (unpaired) electrons. The highest BCUT2D eigenvalue weighted by atomic mass is 16.5. The van der Waals surface area contributed by atoms with Crippen molar-refractivity contribution >= 4 is 5.97 Å². The standard InChI is InChI=1S/C12H13NO4/c1-2-10(14)11(12(15)16)17-9-5-3-8(7-13)4-6-9/h3-6,10-11,14H,2H2,1H3,(H,15,16)/t10?,11-/m1/s1. The normalized spacial score (nSPS) is 13.5. The van der Waals surface area contributed by atoms with Crippen LogP contribution in [0.1, 0.15) is 18.9 Å². The highest BCUT2D eigenvalue weighted by molar-refractivity contribution is 5.73. The maximum absolute atomic E-state index is 10.9. The summed E-state index contributed by atoms with van der Waals surface area (Å²) in [5.41, 5.74) is 0.459. The SMILES string of the molecule is CCC(O)[C@@H](Oc1ccc(C#N)cc1)C(=O)O. The topological polar surface area (TPSA) is 90.5 Å². The summed E-state index contributed by atoms with van der Waals surface area (Å²) in [7, 11) is 0. The number of carboxylic acids is 1. The zero-order valence-corrected chi connectivity index (χ0v) is 9.33. The number of benzene rings is 1. The van der Waals surface area contributed by atoms with Gasteiger partial charge in [0.15, 0.2) is 0 Å². The zero-order chi connectivity index (χ0) is 12.8. The summed E-state index contributed by atoms with van der Waals surface area (Å²) in [6, 6.07) is 7.98. The Kier molecular flexibility index (Phi) is 4.49. The van der Waals surface area contributed by atoms with Crippen molar-refractivity contribution < 1.29 is 19.7 Å². The van der Waals surface area contributed by atoms with Crippen LogP contribution in [0.15, 0.2) is 24.3 Å². The van der Waals surface area contributed by atoms with Gasteiger partial charge in [0.1, 0.15) is 11.9 Å². The summed E-state index contributed by atoms with van der Waals surface area (Å²) in [5.74, 6) is -0.910. The average molecular weight is 235 g/mol. The number of hydrogen-bond donors (Lipinski definition) is 2. The molecule has 2 atom stereocenters. The first kappa shape index (κ1) is 13.0. The van der Waals surface area contributed by atoms with E-state index < -0.39 is 18.2 Å². The molecule has 1 rings (SSSR count). The first-order valence-electron chi connectivity index (χ1n) is 5.16. The van der Waals surface area contributed by atoms with Gasteiger partial charge in [-0.2, -0.15) is 5.26 Å². The fourth-order valence-corrected chi connectivity index (χ4v) is 1.26. The number of rotatable bonds is 5. The van der Waals surface area contributed by atoms with E-state index in [0.29, 0.717) is 11.3 Å². The van der Waals surface area contributed by atoms with Gasteiger partial charge in [-0.3, -0.25) is 0 Å². The van der Waals surface area contributed by atoms with Crippen LogP contribution in [0.5, 0.6) is 5.75 Å². The Balaban J connectivity index is 2.79. The minimum atomic E-state index is -1.30. The van der Waals surface area contributed by atoms with Gasteiger partial charge >= 0.3 is 5.97 Å². The van der Waals surface area contributed by atoms with Crippen LogP contribution in [0.25, 0.3) is 0 Å². The molecule has 0 aliphatic carbocycles. The molecule has 0 aliphatic rings. The number of carbonyl (C=O) groups is 1. The summed E-state index contributed by atoms with van der Waals surface area (Å²) in [5, 5.41) is 27.0. The Morgan fingerprint density at radius 2 is 2.06 bits per heavy atom. The van der Waals surface area contributed by atoms with Crippen LogP contribution < -0.4 is 4.74 Å². The van der Waals surface area contributed by atoms with Crippen molar-refractivity contribution in [2.75, 3.05) is 0 Å². The van der Waals surface area contributed by atoms with Gasteiger partial charge in [-0.25, -0.2) is 4.79 Å². The summed E-state index contributed by atoms with van der Waals surface area (Å²) < 4.78 is 5.17. The van der Waals surface area contributed by atoms with Crippen LogP contribution in [0, 0.1) is 11.3 Å². The van der Waals surface area contributed by atoms with Gasteiger partial charge in [-0.1, -0.05) is 6.92 Å². The number of hydrogen-bond acceptors (Lipinski definition) is 4. The lowest BCUT2D eigenvalue weighted by atomic mass is 10.1. The van der Waals surface area contributed by atoms with Gasteiger partial charge in [0.25, 0.3) is 0 Å². The second-order valence-electron chi connectivity index (χ2n) is 3.49. The lowest BCUT2D eigenvalue weighted by Crippen LogP contribution is -2.38. The van der Waals surface area contributed by atoms with Crippen LogP contribution in [-0.2, 0) is 4.79 Å². The van der Waals surface area contributed by atoms with Crippen molar-refractivity contribution in [1.29, 1.82) is 5.26 Å². The third-order valence-electron chi connectivity index (χ3n) is 2.26. The van der Waals surface area contributed by atoms with Crippen LogP contribution in [0.4, 0.5) is 0 Å². The smallest absolute Gasteiger partial charge is 0.347 e. The Morgan fingerprint density at radius 1 is 1.47 bits per heavy atom. The number of aliphatic carboxylic acids is 1. The maximum atomic E-state index is 10.9. The molecule has 0 saturated heterocycles. The van der Waals surface area contributed by atoms with Gasteiger partial charge in [-0.15, -0.1) is 0 Å². The van der Waals surface area contributed by atoms with E-state index in [9.17, 15) is 9.90 Å². The molecule has 5 nitrogen and oxygen atoms in total. The highest BCUT2D eigenvalue weighted by Gasteiger charge is 2.27. The number of ether oxygens (including phenoxy) is 1. The van der Waals surface area contributed by atoms with E-state index in [1.165, 1.54) is 24.3 Å². The monoisotopic (exact) mass is 235 g/mol. The summed E-state index contributed by atoms with van der Waals surface area (Å²) in [6.45, 7) is 1.67. The third kappa shape index (κ3) is 3.47. The van der Waals surface area contributed by atoms with Crippen molar-refractivity contribution in [3.63, 3.8) is 0 Å². The van der Waals surface area contributed by atoms with E-state index in [1.54, 1.807) is 6.92 Å². The van der Waals surface area contributed by atoms with E-state index in [4.69, 9.17) is 15.1 Å². The second-order valence-corrected chi connectivity index (χ2v) is 3.49. The molecule has 0 bridgehead atoms. The van der Waals surface area contributed by atoms with Crippen LogP contribution >= 0.6 is 0 Å². The fraction of sp³-hybridized carbons (Fsp3) is 0.333. The van der Waals surface area contributed by atoms with Crippen molar-refractivity contribution in [3.05, 3.63) is 29.8 Å². The molecule has 1 aromatic rings. The molecule has 17 heavy (non-hydrogen) atoms. The first-order chi connectivity index (χ1) is 8.08. The summed E-state index contributed by atoms with van der Waals surface area (Å²) in [6.07, 6.45) is -2.08. The first-order valence-corrected chi connectivity index (χ1v) is 5.16. The van der Waals surface area contributed by atoms with E-state index in [2.05, 4.69) is 0 Å². The lowest BCUT2D eigenvalue weighted by molar-refractivity contribution is -0.150. The zero-order valence-electron chi connectivity index (χ0n) is 9.33. The van der Waals surface area contributed by atoms with E-state index in [-0.39, 0.29) is 6.42 Å². The van der Waals surface area contributed by atoms with Gasteiger partial charge in [-0.05, 0) is 30.7 Å². The highest BCUT2D eigenvalue weighted by Crippen LogP contribution is 2.15. The van der Waals surface area contributed by atoms with E-state index in [0.717, 1.165) is 0 Å². The number of aliphatic hydroxyl groups is 1. The summed E-state index contributed by atoms with van der Waals surface area (Å²) >= 11 is 0. The Labute approximate surface area is 98.9 Å². The van der Waals surface area contributed by atoms with Gasteiger partial charge < -0.3 is 14.9 Å². The quantitative estimate of drug-likeness (QED) is 0.799. The minimum absolute atomic E-state index is 0.285.